The van der Waals surface area contributed by atoms with E-state index in [4.69, 9.17) is 34.0 Å². The van der Waals surface area contributed by atoms with E-state index in [0.717, 1.165) is 16.7 Å². The second-order valence-corrected chi connectivity index (χ2v) is 7.07. The lowest BCUT2D eigenvalue weighted by Gasteiger charge is -2.05. The van der Waals surface area contributed by atoms with Gasteiger partial charge in [-0.15, -0.1) is 15.3 Å². The number of hydrogen-bond acceptors (Lipinski definition) is 6. The Hall–Kier alpha value is -3.49. The minimum atomic E-state index is 0.416. The standard InChI is InChI=1S/C19H12Cl2N8/c20-14-2-1-12(7-15(14)21)19-13(11-5-6-23-16(22)8-11)9-28(27-19)18-4-3-17-25-24-10-29(17)26-18/h1-10H,(H2,22,23). The van der Waals surface area contributed by atoms with Gasteiger partial charge in [-0.25, -0.2) is 9.67 Å². The van der Waals surface area contributed by atoms with Crippen LogP contribution in [0.2, 0.25) is 10.0 Å². The minimum Gasteiger partial charge on any atom is -0.384 e. The molecule has 0 atom stereocenters. The summed E-state index contributed by atoms with van der Waals surface area (Å²) in [6.45, 7) is 0. The molecule has 5 rings (SSSR count). The number of rotatable bonds is 3. The Kier molecular flexibility index (Phi) is 4.15. The number of nitrogens with zero attached hydrogens (tertiary/aromatic N) is 7. The Labute approximate surface area is 174 Å². The third kappa shape index (κ3) is 3.18. The normalized spacial score (nSPS) is 11.2. The zero-order chi connectivity index (χ0) is 20.0. The summed E-state index contributed by atoms with van der Waals surface area (Å²) in [6.07, 6.45) is 5.07. The maximum Gasteiger partial charge on any atom is 0.177 e. The zero-order valence-corrected chi connectivity index (χ0v) is 16.2. The number of hydrogen-bond donors (Lipinski definition) is 1. The van der Waals surface area contributed by atoms with Gasteiger partial charge in [0.05, 0.1) is 10.0 Å². The third-order valence-corrected chi connectivity index (χ3v) is 5.12. The summed E-state index contributed by atoms with van der Waals surface area (Å²) in [5.74, 6) is 1.02. The van der Waals surface area contributed by atoms with Crippen molar-refractivity contribution in [2.45, 2.75) is 0 Å². The van der Waals surface area contributed by atoms with Gasteiger partial charge < -0.3 is 5.73 Å². The maximum atomic E-state index is 6.24. The van der Waals surface area contributed by atoms with E-state index in [2.05, 4.69) is 20.3 Å². The summed E-state index contributed by atoms with van der Waals surface area (Å²) in [5, 5.41) is 18.0. The molecule has 2 N–H and O–H groups in total. The molecule has 0 fully saturated rings. The second kappa shape index (κ2) is 6.84. The first-order chi connectivity index (χ1) is 14.1. The lowest BCUT2D eigenvalue weighted by molar-refractivity contribution is 0.793. The van der Waals surface area contributed by atoms with Crippen LogP contribution in [0.1, 0.15) is 0 Å². The Bertz CT molecular complexity index is 1360. The monoisotopic (exact) mass is 422 g/mol. The number of anilines is 1. The van der Waals surface area contributed by atoms with E-state index in [0.29, 0.717) is 33.0 Å². The van der Waals surface area contributed by atoms with Crippen molar-refractivity contribution in [3.05, 3.63) is 71.2 Å². The van der Waals surface area contributed by atoms with E-state index in [1.165, 1.54) is 6.33 Å². The lowest BCUT2D eigenvalue weighted by Crippen LogP contribution is -2.02. The highest BCUT2D eigenvalue weighted by Crippen LogP contribution is 2.35. The SMILES string of the molecule is Nc1cc(-c2cn(-c3ccc4nncn4n3)nc2-c2ccc(Cl)c(Cl)c2)ccn1. The van der Waals surface area contributed by atoms with Gasteiger partial charge in [0.1, 0.15) is 17.8 Å². The number of halogens is 2. The van der Waals surface area contributed by atoms with Crippen molar-refractivity contribution < 1.29 is 0 Å². The van der Waals surface area contributed by atoms with Gasteiger partial charge in [-0.1, -0.05) is 29.3 Å². The Morgan fingerprint density at radius 3 is 2.62 bits per heavy atom. The van der Waals surface area contributed by atoms with Gasteiger partial charge in [0.15, 0.2) is 11.5 Å². The van der Waals surface area contributed by atoms with Crippen LogP contribution in [-0.2, 0) is 0 Å². The fraction of sp³-hybridized carbons (Fsp3) is 0. The summed E-state index contributed by atoms with van der Waals surface area (Å²) in [7, 11) is 0. The van der Waals surface area contributed by atoms with Crippen molar-refractivity contribution in [1.82, 2.24) is 34.6 Å². The molecule has 4 aromatic heterocycles. The summed E-state index contributed by atoms with van der Waals surface area (Å²) in [4.78, 5) is 4.07. The van der Waals surface area contributed by atoms with Crippen molar-refractivity contribution in [2.75, 3.05) is 5.73 Å². The van der Waals surface area contributed by atoms with Crippen LogP contribution >= 0.6 is 23.2 Å². The summed E-state index contributed by atoms with van der Waals surface area (Å²) in [6, 6.07) is 12.7. The molecule has 0 aliphatic carbocycles. The zero-order valence-electron chi connectivity index (χ0n) is 14.7. The van der Waals surface area contributed by atoms with Gasteiger partial charge in [-0.3, -0.25) is 0 Å². The van der Waals surface area contributed by atoms with Crippen LogP contribution in [0.4, 0.5) is 5.82 Å². The molecule has 0 spiro atoms. The van der Waals surface area contributed by atoms with E-state index < -0.39 is 0 Å². The molecule has 0 amide bonds. The van der Waals surface area contributed by atoms with Gasteiger partial charge in [0.25, 0.3) is 0 Å². The smallest absolute Gasteiger partial charge is 0.177 e. The molecule has 0 aliphatic heterocycles. The Balaban J connectivity index is 1.72. The molecule has 0 saturated carbocycles. The van der Waals surface area contributed by atoms with Crippen LogP contribution in [-0.4, -0.2) is 34.6 Å². The van der Waals surface area contributed by atoms with Crippen molar-refractivity contribution in [2.24, 2.45) is 0 Å². The van der Waals surface area contributed by atoms with Gasteiger partial charge in [0.2, 0.25) is 0 Å². The lowest BCUT2D eigenvalue weighted by atomic mass is 10.0. The summed E-state index contributed by atoms with van der Waals surface area (Å²) >= 11 is 12.3. The van der Waals surface area contributed by atoms with Crippen LogP contribution in [0, 0.1) is 0 Å². The van der Waals surface area contributed by atoms with E-state index >= 15 is 0 Å². The van der Waals surface area contributed by atoms with Gasteiger partial charge >= 0.3 is 0 Å². The number of pyridine rings is 1. The largest absolute Gasteiger partial charge is 0.384 e. The average Bonchev–Trinajstić information content (AvgIpc) is 3.36. The van der Waals surface area contributed by atoms with E-state index in [1.54, 1.807) is 33.6 Å². The maximum absolute atomic E-state index is 6.24. The minimum absolute atomic E-state index is 0.416. The molecule has 29 heavy (non-hydrogen) atoms. The van der Waals surface area contributed by atoms with Crippen molar-refractivity contribution in [3.63, 3.8) is 0 Å². The molecule has 8 nitrogen and oxygen atoms in total. The summed E-state index contributed by atoms with van der Waals surface area (Å²) in [5.41, 5.74) is 9.78. The molecule has 0 bridgehead atoms. The number of aromatic nitrogens is 7. The number of nitrogen functional groups attached to an aromatic ring is 1. The predicted octanol–water partition coefficient (Wildman–Crippen LogP) is 3.93. The fourth-order valence-electron chi connectivity index (χ4n) is 3.02. The fourth-order valence-corrected chi connectivity index (χ4v) is 3.31. The summed E-state index contributed by atoms with van der Waals surface area (Å²) < 4.78 is 3.27. The van der Waals surface area contributed by atoms with Crippen molar-refractivity contribution >= 4 is 34.7 Å². The molecule has 142 valence electrons. The number of nitrogens with two attached hydrogens (primary N) is 1. The van der Waals surface area contributed by atoms with Gasteiger partial charge in [0, 0.05) is 23.5 Å². The predicted molar refractivity (Wildman–Crippen MR) is 111 cm³/mol. The van der Waals surface area contributed by atoms with Crippen LogP contribution in [0.3, 0.4) is 0 Å². The molecular weight excluding hydrogens is 411 g/mol. The molecule has 10 heteroatoms. The van der Waals surface area contributed by atoms with Crippen molar-refractivity contribution in [3.8, 4) is 28.2 Å². The molecule has 0 unspecified atom stereocenters. The molecular formula is C19H12Cl2N8. The highest BCUT2D eigenvalue weighted by atomic mass is 35.5. The molecule has 0 radical (unpaired) electrons. The quantitative estimate of drug-likeness (QED) is 0.472. The Morgan fingerprint density at radius 1 is 0.897 bits per heavy atom. The van der Waals surface area contributed by atoms with Gasteiger partial charge in [-0.2, -0.15) is 9.61 Å². The van der Waals surface area contributed by atoms with Gasteiger partial charge in [-0.05, 0) is 42.0 Å². The highest BCUT2D eigenvalue weighted by Gasteiger charge is 2.16. The van der Waals surface area contributed by atoms with E-state index in [1.807, 2.05) is 30.5 Å². The first-order valence-electron chi connectivity index (χ1n) is 8.53. The number of fused-ring (bicyclic) bond motifs is 1. The molecule has 4 heterocycles. The highest BCUT2D eigenvalue weighted by molar-refractivity contribution is 6.42. The number of benzene rings is 1. The first-order valence-corrected chi connectivity index (χ1v) is 9.28. The van der Waals surface area contributed by atoms with Crippen molar-refractivity contribution in [1.29, 1.82) is 0 Å². The molecule has 5 aromatic rings. The first kappa shape index (κ1) is 17.6. The average molecular weight is 423 g/mol. The van der Waals surface area contributed by atoms with Crippen LogP contribution < -0.4 is 5.73 Å². The molecule has 0 aliphatic rings. The van der Waals surface area contributed by atoms with E-state index in [9.17, 15) is 0 Å². The Morgan fingerprint density at radius 2 is 1.79 bits per heavy atom. The third-order valence-electron chi connectivity index (χ3n) is 4.38. The van der Waals surface area contributed by atoms with Crippen LogP contribution in [0.5, 0.6) is 0 Å². The van der Waals surface area contributed by atoms with E-state index in [-0.39, 0.29) is 0 Å². The molecule has 1 aromatic carbocycles. The molecule has 0 saturated heterocycles. The topological polar surface area (TPSA) is 99.8 Å². The van der Waals surface area contributed by atoms with Crippen LogP contribution in [0.25, 0.3) is 33.8 Å². The second-order valence-electron chi connectivity index (χ2n) is 6.26. The van der Waals surface area contributed by atoms with Crippen LogP contribution in [0.15, 0.2) is 61.2 Å².